The molecule has 27 heavy (non-hydrogen) atoms. The van der Waals surface area contributed by atoms with Gasteiger partial charge in [0, 0.05) is 25.5 Å². The van der Waals surface area contributed by atoms with E-state index in [2.05, 4.69) is 4.98 Å². The molecule has 0 spiro atoms. The van der Waals surface area contributed by atoms with Crippen molar-refractivity contribution < 1.29 is 13.6 Å². The van der Waals surface area contributed by atoms with Crippen LogP contribution >= 0.6 is 0 Å². The first-order valence-electron chi connectivity index (χ1n) is 8.59. The number of benzene rings is 1. The lowest BCUT2D eigenvalue weighted by molar-refractivity contribution is 0.0716. The predicted octanol–water partition coefficient (Wildman–Crippen LogP) is 2.43. The molecule has 1 aromatic carbocycles. The molecular formula is C20H18FN3O3. The summed E-state index contributed by atoms with van der Waals surface area (Å²) in [6, 6.07) is 6.70. The van der Waals surface area contributed by atoms with Gasteiger partial charge in [-0.2, -0.15) is 0 Å². The van der Waals surface area contributed by atoms with Gasteiger partial charge >= 0.3 is 0 Å². The highest BCUT2D eigenvalue weighted by Crippen LogP contribution is 2.37. The largest absolute Gasteiger partial charge is 0.450 e. The van der Waals surface area contributed by atoms with Crippen molar-refractivity contribution >= 4 is 16.9 Å². The van der Waals surface area contributed by atoms with Gasteiger partial charge in [0.25, 0.3) is 5.91 Å². The van der Waals surface area contributed by atoms with Crippen LogP contribution in [0.25, 0.3) is 11.0 Å². The van der Waals surface area contributed by atoms with Crippen LogP contribution in [-0.4, -0.2) is 47.9 Å². The molecule has 1 aliphatic heterocycles. The fourth-order valence-electron chi connectivity index (χ4n) is 3.42. The Labute approximate surface area is 154 Å². The number of nitrogens with zero attached hydrogens (tertiary/aromatic N) is 3. The van der Waals surface area contributed by atoms with Crippen molar-refractivity contribution in [1.29, 1.82) is 0 Å². The summed E-state index contributed by atoms with van der Waals surface area (Å²) in [4.78, 5) is 33.9. The van der Waals surface area contributed by atoms with E-state index in [9.17, 15) is 14.0 Å². The number of rotatable bonds is 4. The van der Waals surface area contributed by atoms with Gasteiger partial charge in [0.05, 0.1) is 17.0 Å². The Morgan fingerprint density at radius 2 is 2.07 bits per heavy atom. The maximum atomic E-state index is 13.7. The third-order valence-electron chi connectivity index (χ3n) is 4.72. The predicted molar refractivity (Wildman–Crippen MR) is 98.1 cm³/mol. The van der Waals surface area contributed by atoms with Crippen molar-refractivity contribution in [3.8, 4) is 0 Å². The first-order valence-corrected chi connectivity index (χ1v) is 8.59. The number of halogens is 1. The smallest absolute Gasteiger partial charge is 0.290 e. The zero-order valence-electron chi connectivity index (χ0n) is 15.0. The van der Waals surface area contributed by atoms with Gasteiger partial charge in [-0.15, -0.1) is 0 Å². The Balaban J connectivity index is 1.95. The monoisotopic (exact) mass is 367 g/mol. The minimum Gasteiger partial charge on any atom is -0.450 e. The summed E-state index contributed by atoms with van der Waals surface area (Å²) in [5, 5.41) is 0.130. The second kappa shape index (κ2) is 6.59. The van der Waals surface area contributed by atoms with Crippen LogP contribution in [-0.2, 0) is 0 Å². The van der Waals surface area contributed by atoms with Crippen LogP contribution in [0.2, 0.25) is 0 Å². The molecule has 7 heteroatoms. The van der Waals surface area contributed by atoms with E-state index >= 15 is 0 Å². The fourth-order valence-corrected chi connectivity index (χ4v) is 3.42. The number of aromatic nitrogens is 1. The van der Waals surface area contributed by atoms with Crippen molar-refractivity contribution in [2.24, 2.45) is 0 Å². The quantitative estimate of drug-likeness (QED) is 0.709. The fraction of sp³-hybridized carbons (Fsp3) is 0.250. The van der Waals surface area contributed by atoms with Crippen LogP contribution in [0.4, 0.5) is 4.39 Å². The molecule has 4 rings (SSSR count). The van der Waals surface area contributed by atoms with Crippen molar-refractivity contribution in [2.75, 3.05) is 27.2 Å². The minimum atomic E-state index is -0.606. The molecule has 1 unspecified atom stereocenters. The van der Waals surface area contributed by atoms with Crippen LogP contribution in [0, 0.1) is 5.82 Å². The molecule has 3 aromatic rings. The third kappa shape index (κ3) is 2.90. The summed E-state index contributed by atoms with van der Waals surface area (Å²) in [6.45, 7) is 1.04. The van der Waals surface area contributed by atoms with Crippen molar-refractivity contribution in [1.82, 2.24) is 14.8 Å². The highest BCUT2D eigenvalue weighted by Gasteiger charge is 2.42. The lowest BCUT2D eigenvalue weighted by atomic mass is 10.00. The van der Waals surface area contributed by atoms with E-state index in [4.69, 9.17) is 4.42 Å². The summed E-state index contributed by atoms with van der Waals surface area (Å²) >= 11 is 0. The Hall–Kier alpha value is -3.06. The highest BCUT2D eigenvalue weighted by atomic mass is 19.1. The van der Waals surface area contributed by atoms with E-state index in [1.54, 1.807) is 23.4 Å². The van der Waals surface area contributed by atoms with Gasteiger partial charge in [0.1, 0.15) is 11.4 Å². The van der Waals surface area contributed by atoms with E-state index in [1.165, 1.54) is 12.1 Å². The van der Waals surface area contributed by atoms with Crippen LogP contribution in [0.3, 0.4) is 0 Å². The first-order chi connectivity index (χ1) is 13.0. The molecular weight excluding hydrogens is 349 g/mol. The molecule has 0 fully saturated rings. The number of hydrogen-bond donors (Lipinski definition) is 0. The summed E-state index contributed by atoms with van der Waals surface area (Å²) in [7, 11) is 3.82. The van der Waals surface area contributed by atoms with Gasteiger partial charge in [-0.3, -0.25) is 14.6 Å². The second-order valence-electron chi connectivity index (χ2n) is 6.81. The van der Waals surface area contributed by atoms with Crippen LogP contribution < -0.4 is 5.43 Å². The molecule has 1 aliphatic rings. The van der Waals surface area contributed by atoms with Crippen LogP contribution in [0.1, 0.15) is 27.7 Å². The molecule has 0 N–H and O–H groups in total. The van der Waals surface area contributed by atoms with Gasteiger partial charge in [0.15, 0.2) is 5.43 Å². The third-order valence-corrected chi connectivity index (χ3v) is 4.72. The van der Waals surface area contributed by atoms with Gasteiger partial charge < -0.3 is 14.2 Å². The van der Waals surface area contributed by atoms with E-state index in [-0.39, 0.29) is 33.6 Å². The molecule has 1 amide bonds. The molecule has 6 nitrogen and oxygen atoms in total. The van der Waals surface area contributed by atoms with Crippen LogP contribution in [0.15, 0.2) is 51.9 Å². The first kappa shape index (κ1) is 17.4. The van der Waals surface area contributed by atoms with E-state index in [0.29, 0.717) is 18.7 Å². The van der Waals surface area contributed by atoms with E-state index < -0.39 is 11.9 Å². The summed E-state index contributed by atoms with van der Waals surface area (Å²) in [6.07, 6.45) is 3.26. The maximum Gasteiger partial charge on any atom is 0.290 e. The lowest BCUT2D eigenvalue weighted by Crippen LogP contribution is -2.35. The summed E-state index contributed by atoms with van der Waals surface area (Å²) in [5.41, 5.74) is 0.768. The zero-order chi connectivity index (χ0) is 19.1. The summed E-state index contributed by atoms with van der Waals surface area (Å²) < 4.78 is 19.4. The molecule has 0 radical (unpaired) electrons. The van der Waals surface area contributed by atoms with E-state index in [0.717, 1.165) is 6.07 Å². The molecule has 0 aliphatic carbocycles. The molecule has 138 valence electrons. The Kier molecular flexibility index (Phi) is 4.24. The lowest BCUT2D eigenvalue weighted by Gasteiger charge is -2.26. The number of likely N-dealkylation sites (N-methyl/N-ethyl adjacent to an activating group) is 1. The maximum absolute atomic E-state index is 13.7. The Morgan fingerprint density at radius 1 is 1.26 bits per heavy atom. The number of carbonyl (C=O) groups excluding carboxylic acids is 1. The molecule has 3 heterocycles. The number of pyridine rings is 1. The Bertz CT molecular complexity index is 1080. The van der Waals surface area contributed by atoms with Gasteiger partial charge in [-0.1, -0.05) is 6.07 Å². The van der Waals surface area contributed by atoms with Crippen molar-refractivity contribution in [2.45, 2.75) is 6.04 Å². The summed E-state index contributed by atoms with van der Waals surface area (Å²) in [5.74, 6) is -0.850. The van der Waals surface area contributed by atoms with Crippen molar-refractivity contribution in [3.05, 3.63) is 75.7 Å². The number of amides is 1. The number of hydrogen-bond acceptors (Lipinski definition) is 5. The normalized spacial score (nSPS) is 16.4. The van der Waals surface area contributed by atoms with Crippen molar-refractivity contribution in [3.63, 3.8) is 0 Å². The van der Waals surface area contributed by atoms with E-state index in [1.807, 2.05) is 25.1 Å². The minimum absolute atomic E-state index is 0.0201. The number of carbonyl (C=O) groups is 1. The molecule has 2 aromatic heterocycles. The van der Waals surface area contributed by atoms with Gasteiger partial charge in [0.2, 0.25) is 5.76 Å². The molecule has 0 saturated carbocycles. The van der Waals surface area contributed by atoms with Gasteiger partial charge in [-0.05, 0) is 43.9 Å². The molecule has 0 saturated heterocycles. The highest BCUT2D eigenvalue weighted by molar-refractivity contribution is 5.99. The van der Waals surface area contributed by atoms with Gasteiger partial charge in [-0.25, -0.2) is 4.39 Å². The average molecular weight is 367 g/mol. The number of fused-ring (bicyclic) bond motifs is 2. The average Bonchev–Trinajstić information content (AvgIpc) is 2.94. The Morgan fingerprint density at radius 3 is 2.78 bits per heavy atom. The van der Waals surface area contributed by atoms with Crippen LogP contribution in [0.5, 0.6) is 0 Å². The molecule has 1 atom stereocenters. The SMILES string of the molecule is CN(C)CCN1C(=O)c2oc3ccc(F)cc3c(=O)c2C1c1cccnc1. The zero-order valence-corrected chi connectivity index (χ0v) is 15.0. The molecule has 0 bridgehead atoms. The second-order valence-corrected chi connectivity index (χ2v) is 6.81. The standard InChI is InChI=1S/C20H18FN3O3/c1-23(2)8-9-24-17(12-4-3-7-22-11-12)16-18(25)14-10-13(21)5-6-15(14)27-19(16)20(24)26/h3-7,10-11,17H,8-9H2,1-2H3. The topological polar surface area (TPSA) is 66.7 Å².